The summed E-state index contributed by atoms with van der Waals surface area (Å²) in [6, 6.07) is 8.62. The van der Waals surface area contributed by atoms with Crippen LogP contribution in [0.3, 0.4) is 0 Å². The summed E-state index contributed by atoms with van der Waals surface area (Å²) in [7, 11) is 0. The molecule has 1 aliphatic heterocycles. The second kappa shape index (κ2) is 6.80. The molecule has 0 saturated carbocycles. The third kappa shape index (κ3) is 3.24. The van der Waals surface area contributed by atoms with E-state index in [-0.39, 0.29) is 24.4 Å². The molecule has 3 nitrogen and oxygen atoms in total. The highest BCUT2D eigenvalue weighted by atomic mass is 35.5. The second-order valence-corrected chi connectivity index (χ2v) is 6.34. The van der Waals surface area contributed by atoms with Crippen LogP contribution in [0.25, 0.3) is 0 Å². The zero-order chi connectivity index (χ0) is 14.1. The summed E-state index contributed by atoms with van der Waals surface area (Å²) in [4.78, 5) is 14.9. The summed E-state index contributed by atoms with van der Waals surface area (Å²) in [6.07, 6.45) is 4.29. The molecule has 21 heavy (non-hydrogen) atoms. The number of nitrogens with two attached hydrogens (primary N) is 1. The fraction of sp³-hybridized carbons (Fsp3) is 0.588. The van der Waals surface area contributed by atoms with Gasteiger partial charge < -0.3 is 10.6 Å². The average molecular weight is 309 g/mol. The summed E-state index contributed by atoms with van der Waals surface area (Å²) in [5, 5.41) is 0. The van der Waals surface area contributed by atoms with Gasteiger partial charge in [-0.05, 0) is 49.7 Å². The van der Waals surface area contributed by atoms with Gasteiger partial charge in [0.15, 0.2) is 0 Å². The van der Waals surface area contributed by atoms with Crippen LogP contribution < -0.4 is 5.73 Å². The van der Waals surface area contributed by atoms with E-state index >= 15 is 0 Å². The largest absolute Gasteiger partial charge is 0.342 e. The molecular formula is C17H25ClN2O. The minimum atomic E-state index is 0. The van der Waals surface area contributed by atoms with Gasteiger partial charge in [-0.15, -0.1) is 12.4 Å². The van der Waals surface area contributed by atoms with Gasteiger partial charge in [0.2, 0.25) is 5.91 Å². The van der Waals surface area contributed by atoms with Crippen molar-refractivity contribution >= 4 is 18.3 Å². The molecule has 1 heterocycles. The van der Waals surface area contributed by atoms with Crippen LogP contribution in [0.4, 0.5) is 0 Å². The number of carbonyl (C=O) groups excluding carboxylic acids is 1. The van der Waals surface area contributed by atoms with E-state index in [1.165, 1.54) is 11.1 Å². The van der Waals surface area contributed by atoms with Crippen molar-refractivity contribution in [3.8, 4) is 0 Å². The SMILES string of the molecule is CC(N)C1CCN(C(=O)C2CCCc3ccccc32)C1.Cl. The van der Waals surface area contributed by atoms with E-state index in [1.54, 1.807) is 0 Å². The number of halogens is 1. The number of rotatable bonds is 2. The van der Waals surface area contributed by atoms with Crippen molar-refractivity contribution in [2.45, 2.75) is 44.6 Å². The Morgan fingerprint density at radius 3 is 2.81 bits per heavy atom. The van der Waals surface area contributed by atoms with Crippen LogP contribution in [0.5, 0.6) is 0 Å². The Labute approximate surface area is 133 Å². The quantitative estimate of drug-likeness (QED) is 0.913. The minimum absolute atomic E-state index is 0. The maximum atomic E-state index is 12.8. The maximum absolute atomic E-state index is 12.8. The molecule has 4 heteroatoms. The molecule has 3 atom stereocenters. The van der Waals surface area contributed by atoms with Crippen molar-refractivity contribution in [3.63, 3.8) is 0 Å². The van der Waals surface area contributed by atoms with Crippen LogP contribution in [0.15, 0.2) is 24.3 Å². The first kappa shape index (κ1) is 16.3. The number of aryl methyl sites for hydroxylation is 1. The first-order valence-corrected chi connectivity index (χ1v) is 7.79. The van der Waals surface area contributed by atoms with Gasteiger partial charge in [0, 0.05) is 19.1 Å². The Morgan fingerprint density at radius 1 is 1.33 bits per heavy atom. The van der Waals surface area contributed by atoms with Crippen molar-refractivity contribution in [1.29, 1.82) is 0 Å². The maximum Gasteiger partial charge on any atom is 0.230 e. The number of fused-ring (bicyclic) bond motifs is 1. The number of benzene rings is 1. The van der Waals surface area contributed by atoms with Gasteiger partial charge >= 0.3 is 0 Å². The topological polar surface area (TPSA) is 46.3 Å². The highest BCUT2D eigenvalue weighted by Gasteiger charge is 2.34. The van der Waals surface area contributed by atoms with Gasteiger partial charge in [-0.1, -0.05) is 24.3 Å². The summed E-state index contributed by atoms with van der Waals surface area (Å²) in [5.74, 6) is 0.866. The van der Waals surface area contributed by atoms with Crippen LogP contribution in [0, 0.1) is 5.92 Å². The Kier molecular flexibility index (Phi) is 5.28. The molecule has 1 fully saturated rings. The zero-order valence-corrected chi connectivity index (χ0v) is 13.4. The zero-order valence-electron chi connectivity index (χ0n) is 12.6. The molecule has 0 aromatic heterocycles. The Bertz CT molecular complexity index is 503. The number of hydrogen-bond acceptors (Lipinski definition) is 2. The van der Waals surface area contributed by atoms with Crippen LogP contribution in [-0.4, -0.2) is 29.9 Å². The van der Waals surface area contributed by atoms with Crippen molar-refractivity contribution in [1.82, 2.24) is 4.90 Å². The fourth-order valence-corrected chi connectivity index (χ4v) is 3.65. The number of amides is 1. The van der Waals surface area contributed by atoms with E-state index in [9.17, 15) is 4.79 Å². The molecule has 2 N–H and O–H groups in total. The Balaban J connectivity index is 0.00000161. The van der Waals surface area contributed by atoms with Gasteiger partial charge in [0.1, 0.15) is 0 Å². The smallest absolute Gasteiger partial charge is 0.230 e. The first-order chi connectivity index (χ1) is 9.66. The molecule has 3 rings (SSSR count). The third-order valence-electron chi connectivity index (χ3n) is 4.95. The normalized spacial score (nSPS) is 25.9. The lowest BCUT2D eigenvalue weighted by Gasteiger charge is -2.29. The molecule has 1 amide bonds. The summed E-state index contributed by atoms with van der Waals surface area (Å²) in [5.41, 5.74) is 8.60. The predicted octanol–water partition coefficient (Wildman–Crippen LogP) is 2.72. The van der Waals surface area contributed by atoms with E-state index in [4.69, 9.17) is 5.73 Å². The molecule has 1 saturated heterocycles. The number of carbonyl (C=O) groups is 1. The van der Waals surface area contributed by atoms with Crippen LogP contribution in [0.2, 0.25) is 0 Å². The third-order valence-corrected chi connectivity index (χ3v) is 4.95. The van der Waals surface area contributed by atoms with Gasteiger partial charge in [-0.2, -0.15) is 0 Å². The highest BCUT2D eigenvalue weighted by Crippen LogP contribution is 2.34. The number of likely N-dealkylation sites (tertiary alicyclic amines) is 1. The van der Waals surface area contributed by atoms with Crippen molar-refractivity contribution in [2.75, 3.05) is 13.1 Å². The lowest BCUT2D eigenvalue weighted by molar-refractivity contribution is -0.132. The fourth-order valence-electron chi connectivity index (χ4n) is 3.65. The minimum Gasteiger partial charge on any atom is -0.342 e. The highest BCUT2D eigenvalue weighted by molar-refractivity contribution is 5.85. The molecule has 116 valence electrons. The average Bonchev–Trinajstić information content (AvgIpc) is 2.96. The van der Waals surface area contributed by atoms with E-state index < -0.39 is 0 Å². The molecule has 1 aromatic carbocycles. The lowest BCUT2D eigenvalue weighted by Crippen LogP contribution is -2.36. The van der Waals surface area contributed by atoms with Gasteiger partial charge in [-0.25, -0.2) is 0 Å². The molecule has 1 aromatic rings. The summed E-state index contributed by atoms with van der Waals surface area (Å²) in [6.45, 7) is 3.77. The monoisotopic (exact) mass is 308 g/mol. The van der Waals surface area contributed by atoms with Crippen LogP contribution in [-0.2, 0) is 11.2 Å². The van der Waals surface area contributed by atoms with Crippen molar-refractivity contribution in [3.05, 3.63) is 35.4 Å². The van der Waals surface area contributed by atoms with E-state index in [0.29, 0.717) is 11.8 Å². The second-order valence-electron chi connectivity index (χ2n) is 6.34. The van der Waals surface area contributed by atoms with Crippen LogP contribution in [0.1, 0.15) is 43.2 Å². The standard InChI is InChI=1S/C17H24N2O.ClH/c1-12(18)14-9-10-19(11-14)17(20)16-8-4-6-13-5-2-3-7-15(13)16;/h2-3,5,7,12,14,16H,4,6,8-11,18H2,1H3;1H. The Hall–Kier alpha value is -1.06. The van der Waals surface area contributed by atoms with Gasteiger partial charge in [-0.3, -0.25) is 4.79 Å². The van der Waals surface area contributed by atoms with Crippen molar-refractivity contribution in [2.24, 2.45) is 11.7 Å². The van der Waals surface area contributed by atoms with E-state index in [1.807, 2.05) is 4.90 Å². The van der Waals surface area contributed by atoms with E-state index in [2.05, 4.69) is 31.2 Å². The first-order valence-electron chi connectivity index (χ1n) is 7.79. The molecule has 0 spiro atoms. The van der Waals surface area contributed by atoms with Crippen molar-refractivity contribution < 1.29 is 4.79 Å². The van der Waals surface area contributed by atoms with E-state index in [0.717, 1.165) is 38.8 Å². The van der Waals surface area contributed by atoms with Crippen LogP contribution >= 0.6 is 12.4 Å². The molecule has 3 unspecified atom stereocenters. The summed E-state index contributed by atoms with van der Waals surface area (Å²) < 4.78 is 0. The molecule has 2 aliphatic rings. The molecular weight excluding hydrogens is 284 g/mol. The predicted molar refractivity (Wildman–Crippen MR) is 87.7 cm³/mol. The van der Waals surface area contributed by atoms with Gasteiger partial charge in [0.25, 0.3) is 0 Å². The molecule has 0 bridgehead atoms. The van der Waals surface area contributed by atoms with Gasteiger partial charge in [0.05, 0.1) is 5.92 Å². The summed E-state index contributed by atoms with van der Waals surface area (Å²) >= 11 is 0. The lowest BCUT2D eigenvalue weighted by atomic mass is 9.82. The Morgan fingerprint density at radius 2 is 2.10 bits per heavy atom. The number of nitrogens with zero attached hydrogens (tertiary/aromatic N) is 1. The number of hydrogen-bond donors (Lipinski definition) is 1. The molecule has 1 aliphatic carbocycles. The molecule has 0 radical (unpaired) electrons.